The summed E-state index contributed by atoms with van der Waals surface area (Å²) in [6.45, 7) is 4.74. The third kappa shape index (κ3) is 4.88. The van der Waals surface area contributed by atoms with Crippen molar-refractivity contribution >= 4 is 55.7 Å². The smallest absolute Gasteiger partial charge is 0.0564 e. The van der Waals surface area contributed by atoms with E-state index in [1.54, 1.807) is 0 Å². The maximum atomic E-state index is 2.45. The third-order valence-electron chi connectivity index (χ3n) is 10.2. The number of nitrogens with zero attached hydrogens (tertiary/aromatic N) is 2. The summed E-state index contributed by atoms with van der Waals surface area (Å²) >= 11 is 0. The molecule has 234 valence electrons. The summed E-state index contributed by atoms with van der Waals surface area (Å²) in [5.41, 5.74) is 11.8. The van der Waals surface area contributed by atoms with Gasteiger partial charge in [-0.3, -0.25) is 0 Å². The van der Waals surface area contributed by atoms with Gasteiger partial charge in [-0.25, -0.2) is 0 Å². The molecule has 0 amide bonds. The molecule has 0 fully saturated rings. The zero-order valence-electron chi connectivity index (χ0n) is 27.7. The normalized spacial score (nSPS) is 12.9. The lowest BCUT2D eigenvalue weighted by atomic mass is 9.82. The SMILES string of the molecule is CC1(C)c2ccccc2-c2c(N(c3ccccc3)c3ccc4ccccc4c3)cc(N(c3ccccc3)c3ccc4ccccc4c3)cc21. The first-order chi connectivity index (χ1) is 24.1. The van der Waals surface area contributed by atoms with Gasteiger partial charge in [0.05, 0.1) is 5.69 Å². The highest BCUT2D eigenvalue weighted by Crippen LogP contribution is 2.56. The molecule has 0 aliphatic heterocycles. The van der Waals surface area contributed by atoms with E-state index in [1.165, 1.54) is 43.8 Å². The molecule has 1 aliphatic carbocycles. The van der Waals surface area contributed by atoms with Crippen LogP contribution in [0.5, 0.6) is 0 Å². The predicted octanol–water partition coefficient (Wildman–Crippen LogP) is 13.2. The molecule has 8 aromatic carbocycles. The van der Waals surface area contributed by atoms with Crippen LogP contribution in [0, 0.1) is 0 Å². The summed E-state index contributed by atoms with van der Waals surface area (Å²) in [5, 5.41) is 4.90. The van der Waals surface area contributed by atoms with Crippen molar-refractivity contribution in [2.45, 2.75) is 19.3 Å². The van der Waals surface area contributed by atoms with Crippen LogP contribution in [0.4, 0.5) is 34.1 Å². The van der Waals surface area contributed by atoms with Crippen molar-refractivity contribution in [1.29, 1.82) is 0 Å². The van der Waals surface area contributed by atoms with E-state index in [4.69, 9.17) is 0 Å². The Labute approximate surface area is 288 Å². The van der Waals surface area contributed by atoms with Crippen molar-refractivity contribution in [3.05, 3.63) is 193 Å². The zero-order valence-corrected chi connectivity index (χ0v) is 27.7. The predicted molar refractivity (Wildman–Crippen MR) is 208 cm³/mol. The molecule has 0 radical (unpaired) electrons. The molecule has 0 atom stereocenters. The maximum absolute atomic E-state index is 2.45. The standard InChI is InChI=1S/C47H36N2/c1-47(2)43-24-14-13-23-42(43)46-44(47)31-41(48(37-19-5-3-6-20-37)39-27-25-33-15-9-11-17-35(33)29-39)32-45(46)49(38-21-7-4-8-22-38)40-28-26-34-16-10-12-18-36(34)30-40/h3-32H,1-2H3. The lowest BCUT2D eigenvalue weighted by molar-refractivity contribution is 0.660. The topological polar surface area (TPSA) is 6.48 Å². The Morgan fingerprint density at radius 2 is 0.837 bits per heavy atom. The molecule has 9 rings (SSSR count). The molecule has 0 N–H and O–H groups in total. The molecule has 2 nitrogen and oxygen atoms in total. The second-order valence-electron chi connectivity index (χ2n) is 13.5. The van der Waals surface area contributed by atoms with Gasteiger partial charge in [0.15, 0.2) is 0 Å². The summed E-state index contributed by atoms with van der Waals surface area (Å²) in [4.78, 5) is 4.87. The Balaban J connectivity index is 1.37. The molecule has 0 aromatic heterocycles. The molecule has 1 aliphatic rings. The second kappa shape index (κ2) is 11.5. The van der Waals surface area contributed by atoms with Gasteiger partial charge in [-0.05, 0) is 98.9 Å². The molecule has 0 heterocycles. The number of hydrogen-bond acceptors (Lipinski definition) is 2. The highest BCUT2D eigenvalue weighted by Gasteiger charge is 2.39. The number of hydrogen-bond donors (Lipinski definition) is 0. The van der Waals surface area contributed by atoms with Gasteiger partial charge in [0.25, 0.3) is 0 Å². The van der Waals surface area contributed by atoms with Gasteiger partial charge in [0.1, 0.15) is 0 Å². The minimum Gasteiger partial charge on any atom is -0.310 e. The zero-order chi connectivity index (χ0) is 33.0. The largest absolute Gasteiger partial charge is 0.310 e. The molecule has 0 unspecified atom stereocenters. The van der Waals surface area contributed by atoms with Gasteiger partial charge in [-0.1, -0.05) is 135 Å². The van der Waals surface area contributed by atoms with Crippen LogP contribution in [-0.2, 0) is 5.41 Å². The fourth-order valence-electron chi connectivity index (χ4n) is 7.74. The van der Waals surface area contributed by atoms with Gasteiger partial charge in [-0.15, -0.1) is 0 Å². The quantitative estimate of drug-likeness (QED) is 0.181. The first kappa shape index (κ1) is 29.1. The molecule has 0 bridgehead atoms. The van der Waals surface area contributed by atoms with Crippen LogP contribution in [0.1, 0.15) is 25.0 Å². The number of para-hydroxylation sites is 2. The lowest BCUT2D eigenvalue weighted by Gasteiger charge is -2.33. The highest BCUT2D eigenvalue weighted by atomic mass is 15.2. The fraction of sp³-hybridized carbons (Fsp3) is 0.0638. The van der Waals surface area contributed by atoms with Crippen LogP contribution in [0.15, 0.2) is 182 Å². The lowest BCUT2D eigenvalue weighted by Crippen LogP contribution is -2.18. The molecule has 0 saturated heterocycles. The average Bonchev–Trinajstić information content (AvgIpc) is 3.38. The van der Waals surface area contributed by atoms with E-state index >= 15 is 0 Å². The minimum absolute atomic E-state index is 0.200. The first-order valence-electron chi connectivity index (χ1n) is 17.0. The number of rotatable bonds is 6. The third-order valence-corrected chi connectivity index (χ3v) is 10.2. The summed E-state index contributed by atoms with van der Waals surface area (Å²) in [6, 6.07) is 66.2. The molecular formula is C47H36N2. The molecular weight excluding hydrogens is 593 g/mol. The van der Waals surface area contributed by atoms with E-state index in [0.717, 1.165) is 34.1 Å². The van der Waals surface area contributed by atoms with Crippen LogP contribution in [-0.4, -0.2) is 0 Å². The van der Waals surface area contributed by atoms with Crippen LogP contribution in [0.2, 0.25) is 0 Å². The fourth-order valence-corrected chi connectivity index (χ4v) is 7.74. The van der Waals surface area contributed by atoms with Gasteiger partial charge in [0, 0.05) is 39.4 Å². The Kier molecular flexibility index (Phi) is 6.84. The van der Waals surface area contributed by atoms with E-state index in [9.17, 15) is 0 Å². The second-order valence-corrected chi connectivity index (χ2v) is 13.5. The minimum atomic E-state index is -0.200. The van der Waals surface area contributed by atoms with Crippen molar-refractivity contribution in [3.8, 4) is 11.1 Å². The van der Waals surface area contributed by atoms with E-state index < -0.39 is 0 Å². The monoisotopic (exact) mass is 628 g/mol. The summed E-state index contributed by atoms with van der Waals surface area (Å²) in [7, 11) is 0. The van der Waals surface area contributed by atoms with E-state index in [1.807, 2.05) is 0 Å². The molecule has 2 heteroatoms. The Bertz CT molecular complexity index is 2480. The van der Waals surface area contributed by atoms with E-state index in [0.29, 0.717) is 0 Å². The van der Waals surface area contributed by atoms with Crippen LogP contribution < -0.4 is 9.80 Å². The van der Waals surface area contributed by atoms with Crippen molar-refractivity contribution in [2.24, 2.45) is 0 Å². The van der Waals surface area contributed by atoms with Crippen molar-refractivity contribution in [3.63, 3.8) is 0 Å². The maximum Gasteiger partial charge on any atom is 0.0564 e. The number of anilines is 6. The molecule has 0 saturated carbocycles. The van der Waals surface area contributed by atoms with Crippen molar-refractivity contribution in [2.75, 3.05) is 9.80 Å². The van der Waals surface area contributed by atoms with Crippen LogP contribution in [0.25, 0.3) is 32.7 Å². The Hall–Kier alpha value is -6.12. The van der Waals surface area contributed by atoms with Crippen molar-refractivity contribution < 1.29 is 0 Å². The van der Waals surface area contributed by atoms with Crippen LogP contribution in [0.3, 0.4) is 0 Å². The van der Waals surface area contributed by atoms with Crippen molar-refractivity contribution in [1.82, 2.24) is 0 Å². The van der Waals surface area contributed by atoms with Gasteiger partial charge < -0.3 is 9.80 Å². The van der Waals surface area contributed by atoms with E-state index in [-0.39, 0.29) is 5.41 Å². The summed E-state index contributed by atoms with van der Waals surface area (Å²) < 4.78 is 0. The van der Waals surface area contributed by atoms with Gasteiger partial charge >= 0.3 is 0 Å². The molecule has 49 heavy (non-hydrogen) atoms. The molecule has 0 spiro atoms. The summed E-state index contributed by atoms with van der Waals surface area (Å²) in [6.07, 6.45) is 0. The van der Waals surface area contributed by atoms with Gasteiger partial charge in [0.2, 0.25) is 0 Å². The highest BCUT2D eigenvalue weighted by molar-refractivity contribution is 6.00. The molecule has 8 aromatic rings. The number of fused-ring (bicyclic) bond motifs is 5. The average molecular weight is 629 g/mol. The first-order valence-corrected chi connectivity index (χ1v) is 17.0. The number of benzene rings is 8. The van der Waals surface area contributed by atoms with E-state index in [2.05, 4.69) is 206 Å². The van der Waals surface area contributed by atoms with Gasteiger partial charge in [-0.2, -0.15) is 0 Å². The van der Waals surface area contributed by atoms with Crippen LogP contribution >= 0.6 is 0 Å². The Morgan fingerprint density at radius 1 is 0.347 bits per heavy atom. The Morgan fingerprint density at radius 3 is 1.45 bits per heavy atom. The summed E-state index contributed by atoms with van der Waals surface area (Å²) in [5.74, 6) is 0.